The second kappa shape index (κ2) is 6.36. The third kappa shape index (κ3) is 2.66. The highest BCUT2D eigenvalue weighted by Crippen LogP contribution is 2.35. The van der Waals surface area contributed by atoms with E-state index in [1.807, 2.05) is 0 Å². The molecule has 0 heterocycles. The molecule has 2 rings (SSSR count). The summed E-state index contributed by atoms with van der Waals surface area (Å²) in [6, 6.07) is 7.39. The van der Waals surface area contributed by atoms with Gasteiger partial charge in [0.25, 0.3) is 0 Å². The molecule has 114 valence electrons. The van der Waals surface area contributed by atoms with Crippen LogP contribution in [0.5, 0.6) is 5.75 Å². The van der Waals surface area contributed by atoms with Crippen molar-refractivity contribution in [2.24, 2.45) is 0 Å². The summed E-state index contributed by atoms with van der Waals surface area (Å²) in [6.07, 6.45) is 0. The maximum Gasteiger partial charge on any atom is 0.176 e. The molecule has 7 heteroatoms. The zero-order valence-corrected chi connectivity index (χ0v) is 12.7. The van der Waals surface area contributed by atoms with Gasteiger partial charge < -0.3 is 4.74 Å². The lowest BCUT2D eigenvalue weighted by molar-refractivity contribution is 0.414. The molecule has 2 nitrogen and oxygen atoms in total. The van der Waals surface area contributed by atoms with Gasteiger partial charge in [0.2, 0.25) is 0 Å². The monoisotopic (exact) mass is 373 g/mol. The Labute approximate surface area is 132 Å². The largest absolute Gasteiger partial charge is 0.497 e. The first-order valence-electron chi connectivity index (χ1n) is 5.97. The van der Waals surface area contributed by atoms with Gasteiger partial charge in [-0.25, -0.2) is 17.6 Å². The Bertz CT molecular complexity index is 727. The van der Waals surface area contributed by atoms with E-state index in [0.717, 1.165) is 0 Å². The molecule has 0 saturated heterocycles. The van der Waals surface area contributed by atoms with E-state index in [4.69, 9.17) is 4.74 Å². The molecular weight excluding hydrogens is 366 g/mol. The van der Waals surface area contributed by atoms with Crippen LogP contribution in [0.4, 0.5) is 17.6 Å². The van der Waals surface area contributed by atoms with E-state index in [9.17, 15) is 22.8 Å². The van der Waals surface area contributed by atoms with E-state index >= 15 is 0 Å². The topological polar surface area (TPSA) is 33.0 Å². The van der Waals surface area contributed by atoms with Crippen LogP contribution >= 0.6 is 15.9 Å². The molecule has 0 N–H and O–H groups in total. The maximum atomic E-state index is 14.0. The summed E-state index contributed by atoms with van der Waals surface area (Å²) in [5.74, 6) is -7.40. The summed E-state index contributed by atoms with van der Waals surface area (Å²) >= 11 is 2.43. The molecule has 1 unspecified atom stereocenters. The van der Waals surface area contributed by atoms with Gasteiger partial charge in [0, 0.05) is 0 Å². The Hall–Kier alpha value is -2.07. The van der Waals surface area contributed by atoms with Crippen LogP contribution in [-0.4, -0.2) is 7.11 Å². The Morgan fingerprint density at radius 3 is 1.91 bits per heavy atom. The number of rotatable bonds is 3. The smallest absolute Gasteiger partial charge is 0.176 e. The van der Waals surface area contributed by atoms with Crippen LogP contribution in [0.25, 0.3) is 0 Å². The first-order valence-corrected chi connectivity index (χ1v) is 6.76. The van der Waals surface area contributed by atoms with Crippen molar-refractivity contribution in [3.05, 3.63) is 63.1 Å². The van der Waals surface area contributed by atoms with E-state index in [1.165, 1.54) is 31.4 Å². The van der Waals surface area contributed by atoms with E-state index < -0.39 is 39.2 Å². The number of halogens is 5. The van der Waals surface area contributed by atoms with Crippen molar-refractivity contribution in [3.8, 4) is 11.8 Å². The third-order valence-corrected chi connectivity index (χ3v) is 3.81. The summed E-state index contributed by atoms with van der Waals surface area (Å²) in [5.41, 5.74) is -0.784. The lowest BCUT2D eigenvalue weighted by atomic mass is 9.91. The second-order valence-electron chi connectivity index (χ2n) is 4.32. The van der Waals surface area contributed by atoms with E-state index in [-0.39, 0.29) is 5.56 Å². The normalized spacial score (nSPS) is 11.9. The number of hydrogen-bond acceptors (Lipinski definition) is 2. The lowest BCUT2D eigenvalue weighted by Gasteiger charge is -2.14. The summed E-state index contributed by atoms with van der Waals surface area (Å²) in [4.78, 5) is 0. The van der Waals surface area contributed by atoms with Crippen LogP contribution in [0.2, 0.25) is 0 Å². The first-order chi connectivity index (χ1) is 10.4. The fraction of sp³-hybridized carbons (Fsp3) is 0.133. The van der Waals surface area contributed by atoms with Gasteiger partial charge in [0.15, 0.2) is 23.3 Å². The Morgan fingerprint density at radius 2 is 1.50 bits per heavy atom. The van der Waals surface area contributed by atoms with E-state index in [1.54, 1.807) is 6.07 Å². The summed E-state index contributed by atoms with van der Waals surface area (Å²) in [6.45, 7) is 0. The standard InChI is InChI=1S/C15H8BrF4NO/c1-22-8-4-2-7(3-5-8)9(6-21)10-12(17)14(19)11(16)15(20)13(10)18/h2-5,9H,1H3. The first kappa shape index (κ1) is 16.3. The molecule has 0 spiro atoms. The number of nitrogens with zero attached hydrogens (tertiary/aromatic N) is 1. The molecule has 0 fully saturated rings. The molecule has 2 aromatic carbocycles. The molecule has 0 aliphatic carbocycles. The Balaban J connectivity index is 2.64. The lowest BCUT2D eigenvalue weighted by Crippen LogP contribution is -2.10. The van der Waals surface area contributed by atoms with Crippen molar-refractivity contribution in [1.29, 1.82) is 5.26 Å². The average Bonchev–Trinajstić information content (AvgIpc) is 2.55. The highest BCUT2D eigenvalue weighted by atomic mass is 79.9. The zero-order chi connectivity index (χ0) is 16.4. The van der Waals surface area contributed by atoms with Gasteiger partial charge in [0.1, 0.15) is 11.7 Å². The van der Waals surface area contributed by atoms with Gasteiger partial charge >= 0.3 is 0 Å². The van der Waals surface area contributed by atoms with Crippen LogP contribution in [0, 0.1) is 34.6 Å². The van der Waals surface area contributed by atoms with Crippen molar-refractivity contribution in [2.45, 2.75) is 5.92 Å². The molecular formula is C15H8BrF4NO. The predicted molar refractivity (Wildman–Crippen MR) is 74.4 cm³/mol. The minimum Gasteiger partial charge on any atom is -0.497 e. The Kier molecular flexibility index (Phi) is 4.71. The molecule has 1 atom stereocenters. The minimum atomic E-state index is -1.60. The molecule has 0 aliphatic rings. The zero-order valence-electron chi connectivity index (χ0n) is 11.1. The number of ether oxygens (including phenoxy) is 1. The Morgan fingerprint density at radius 1 is 1.00 bits per heavy atom. The molecule has 0 aromatic heterocycles. The van der Waals surface area contributed by atoms with Gasteiger partial charge in [-0.1, -0.05) is 12.1 Å². The summed E-state index contributed by atoms with van der Waals surface area (Å²) < 4.78 is 59.2. The minimum absolute atomic E-state index is 0.183. The molecule has 0 amide bonds. The summed E-state index contributed by atoms with van der Waals surface area (Å²) in [5, 5.41) is 9.19. The van der Waals surface area contributed by atoms with Crippen LogP contribution in [0.1, 0.15) is 17.0 Å². The van der Waals surface area contributed by atoms with Crippen molar-refractivity contribution in [1.82, 2.24) is 0 Å². The predicted octanol–water partition coefficient (Wildman–Crippen LogP) is 4.67. The molecule has 0 radical (unpaired) electrons. The van der Waals surface area contributed by atoms with Gasteiger partial charge in [-0.3, -0.25) is 0 Å². The highest BCUT2D eigenvalue weighted by Gasteiger charge is 2.30. The third-order valence-electron chi connectivity index (χ3n) is 3.11. The van der Waals surface area contributed by atoms with Gasteiger partial charge in [-0.2, -0.15) is 5.26 Å². The molecule has 0 saturated carbocycles. The summed E-state index contributed by atoms with van der Waals surface area (Å²) in [7, 11) is 1.43. The van der Waals surface area contributed by atoms with Gasteiger partial charge in [-0.05, 0) is 33.6 Å². The average molecular weight is 374 g/mol. The van der Waals surface area contributed by atoms with Crippen LogP contribution in [0.15, 0.2) is 28.7 Å². The maximum absolute atomic E-state index is 14.0. The number of hydrogen-bond donors (Lipinski definition) is 0. The molecule has 22 heavy (non-hydrogen) atoms. The fourth-order valence-corrected chi connectivity index (χ4v) is 2.33. The number of nitriles is 1. The van der Waals surface area contributed by atoms with Crippen molar-refractivity contribution >= 4 is 15.9 Å². The van der Waals surface area contributed by atoms with Gasteiger partial charge in [-0.15, -0.1) is 0 Å². The van der Waals surface area contributed by atoms with Crippen molar-refractivity contribution < 1.29 is 22.3 Å². The quantitative estimate of drug-likeness (QED) is 0.445. The van der Waals surface area contributed by atoms with Crippen LogP contribution < -0.4 is 4.74 Å². The van der Waals surface area contributed by atoms with Crippen LogP contribution in [-0.2, 0) is 0 Å². The van der Waals surface area contributed by atoms with Crippen molar-refractivity contribution in [2.75, 3.05) is 7.11 Å². The molecule has 0 bridgehead atoms. The van der Waals surface area contributed by atoms with Crippen molar-refractivity contribution in [3.63, 3.8) is 0 Å². The van der Waals surface area contributed by atoms with Crippen LogP contribution in [0.3, 0.4) is 0 Å². The van der Waals surface area contributed by atoms with Gasteiger partial charge in [0.05, 0.1) is 23.2 Å². The fourth-order valence-electron chi connectivity index (χ4n) is 1.98. The highest BCUT2D eigenvalue weighted by molar-refractivity contribution is 9.10. The number of benzene rings is 2. The van der Waals surface area contributed by atoms with E-state index in [2.05, 4.69) is 15.9 Å². The van der Waals surface area contributed by atoms with E-state index in [0.29, 0.717) is 5.75 Å². The SMILES string of the molecule is COc1ccc(C(C#N)c2c(F)c(F)c(Br)c(F)c2F)cc1. The number of methoxy groups -OCH3 is 1. The second-order valence-corrected chi connectivity index (χ2v) is 5.11. The molecule has 0 aliphatic heterocycles. The molecule has 2 aromatic rings.